The summed E-state index contributed by atoms with van der Waals surface area (Å²) in [4.78, 5) is 33.0. The molecule has 0 aliphatic heterocycles. The highest BCUT2D eigenvalue weighted by atomic mass is 32.2. The minimum atomic E-state index is -3.49. The third-order valence-electron chi connectivity index (χ3n) is 7.73. The summed E-state index contributed by atoms with van der Waals surface area (Å²) >= 11 is 0. The molecule has 45 heavy (non-hydrogen) atoms. The lowest BCUT2D eigenvalue weighted by atomic mass is 9.85. The molecule has 1 amide bonds. The number of hydrogen-bond donors (Lipinski definition) is 4. The van der Waals surface area contributed by atoms with Crippen molar-refractivity contribution in [2.75, 3.05) is 11.6 Å². The van der Waals surface area contributed by atoms with Crippen LogP contribution in [0.5, 0.6) is 0 Å². The highest BCUT2D eigenvalue weighted by Gasteiger charge is 2.26. The van der Waals surface area contributed by atoms with Crippen molar-refractivity contribution < 1.29 is 22.0 Å². The number of halogens is 2. The van der Waals surface area contributed by atoms with Crippen molar-refractivity contribution in [2.24, 2.45) is 5.92 Å². The van der Waals surface area contributed by atoms with Gasteiger partial charge in [0, 0.05) is 36.0 Å². The van der Waals surface area contributed by atoms with Crippen LogP contribution in [0.1, 0.15) is 24.8 Å². The van der Waals surface area contributed by atoms with Crippen LogP contribution in [0.15, 0.2) is 55.2 Å². The van der Waals surface area contributed by atoms with Crippen LogP contribution in [0.25, 0.3) is 55.8 Å². The lowest BCUT2D eigenvalue weighted by molar-refractivity contribution is -0.122. The van der Waals surface area contributed by atoms with E-state index >= 15 is 4.39 Å². The first-order chi connectivity index (χ1) is 21.6. The summed E-state index contributed by atoms with van der Waals surface area (Å²) in [6.45, 7) is -0.0982. The zero-order valence-electron chi connectivity index (χ0n) is 23.7. The number of imidazole rings is 1. The van der Waals surface area contributed by atoms with Crippen LogP contribution in [-0.2, 0) is 21.4 Å². The van der Waals surface area contributed by atoms with Gasteiger partial charge < -0.3 is 10.3 Å². The van der Waals surface area contributed by atoms with Crippen molar-refractivity contribution in [2.45, 2.75) is 25.8 Å². The van der Waals surface area contributed by atoms with E-state index in [0.717, 1.165) is 25.5 Å². The molecule has 1 aromatic carbocycles. The van der Waals surface area contributed by atoms with Crippen molar-refractivity contribution >= 4 is 43.6 Å². The van der Waals surface area contributed by atoms with Gasteiger partial charge in [-0.3, -0.25) is 24.8 Å². The number of carbonyl (C=O) groups excluding carboxylic acids is 1. The molecule has 5 heterocycles. The maximum Gasteiger partial charge on any atom is 0.227 e. The number of carbonyl (C=O) groups is 1. The van der Waals surface area contributed by atoms with E-state index in [4.69, 9.17) is 0 Å². The fourth-order valence-corrected chi connectivity index (χ4v) is 5.71. The Balaban J connectivity index is 1.26. The quantitative estimate of drug-likeness (QED) is 0.188. The molecule has 0 atom stereocenters. The van der Waals surface area contributed by atoms with Crippen LogP contribution < -0.4 is 10.0 Å². The number of H-pyrrole nitrogens is 2. The number of sulfonamides is 1. The maximum absolute atomic E-state index is 16.2. The van der Waals surface area contributed by atoms with Crippen LogP contribution in [0.2, 0.25) is 0 Å². The van der Waals surface area contributed by atoms with Gasteiger partial charge in [0.15, 0.2) is 11.6 Å². The maximum atomic E-state index is 16.2. The van der Waals surface area contributed by atoms with Gasteiger partial charge in [0.05, 0.1) is 52.5 Å². The minimum absolute atomic E-state index is 0.0193. The number of nitrogens with one attached hydrogen (secondary N) is 4. The molecule has 0 bridgehead atoms. The molecule has 6 aromatic rings. The number of benzene rings is 1. The molecule has 1 fully saturated rings. The third-order valence-corrected chi connectivity index (χ3v) is 8.39. The normalized spacial score (nSPS) is 13.8. The molecule has 0 unspecified atom stereocenters. The number of hydrogen-bond acceptors (Lipinski definition) is 8. The molecule has 4 N–H and O–H groups in total. The second-order valence-electron chi connectivity index (χ2n) is 11.0. The SMILES string of the molecule is CS(=O)(=O)NCc1cc(F)cc(-c2cncc3[nH]c(-c4n[nH]c5cnc(-c6cncc(NC(=O)C7CCC7)c6)c(F)c45)nc23)c1. The van der Waals surface area contributed by atoms with Gasteiger partial charge in [-0.15, -0.1) is 0 Å². The molecule has 228 valence electrons. The van der Waals surface area contributed by atoms with Gasteiger partial charge in [-0.25, -0.2) is 26.9 Å². The molecule has 15 heteroatoms. The molecule has 1 aliphatic carbocycles. The Morgan fingerprint density at radius 3 is 2.58 bits per heavy atom. The van der Waals surface area contributed by atoms with Crippen LogP contribution >= 0.6 is 0 Å². The fourth-order valence-electron chi connectivity index (χ4n) is 5.28. The zero-order valence-corrected chi connectivity index (χ0v) is 24.5. The van der Waals surface area contributed by atoms with E-state index in [9.17, 15) is 17.6 Å². The summed E-state index contributed by atoms with van der Waals surface area (Å²) in [5, 5.41) is 10.1. The zero-order chi connectivity index (χ0) is 31.3. The lowest BCUT2D eigenvalue weighted by Gasteiger charge is -2.24. The van der Waals surface area contributed by atoms with Gasteiger partial charge >= 0.3 is 0 Å². The van der Waals surface area contributed by atoms with Gasteiger partial charge in [-0.1, -0.05) is 6.42 Å². The molecule has 12 nitrogen and oxygen atoms in total. The van der Waals surface area contributed by atoms with Crippen molar-refractivity contribution in [3.05, 3.63) is 72.4 Å². The monoisotopic (exact) mass is 629 g/mol. The van der Waals surface area contributed by atoms with Gasteiger partial charge in [0.2, 0.25) is 15.9 Å². The van der Waals surface area contributed by atoms with Gasteiger partial charge in [-0.2, -0.15) is 5.10 Å². The van der Waals surface area contributed by atoms with Gasteiger partial charge in [-0.05, 0) is 48.2 Å². The standard InChI is InChI=1S/C30H25F2N9O3S/c1-45(43,44)36-9-15-5-17(7-19(31)6-15)21-12-34-13-23-27(21)39-29(38-23)28-24-22(40-41-28)14-35-26(25(24)32)18-8-20(11-33-10-18)37-30(42)16-3-2-4-16/h5-8,10-14,16,36H,2-4,9H2,1H3,(H,37,42)(H,38,39)(H,40,41). The molecule has 1 aliphatic rings. The van der Waals surface area contributed by atoms with Crippen LogP contribution in [0, 0.1) is 17.6 Å². The molecule has 7 rings (SSSR count). The number of anilines is 1. The first-order valence-corrected chi connectivity index (χ1v) is 15.9. The predicted octanol–water partition coefficient (Wildman–Crippen LogP) is 4.69. The Morgan fingerprint density at radius 2 is 1.80 bits per heavy atom. The molecule has 0 spiro atoms. The molecular weight excluding hydrogens is 604 g/mol. The molecule has 0 radical (unpaired) electrons. The number of pyridine rings is 3. The number of rotatable bonds is 8. The Kier molecular flexibility index (Phi) is 7.05. The molecule has 5 aromatic heterocycles. The topological polar surface area (TPSA) is 171 Å². The number of aromatic nitrogens is 7. The van der Waals surface area contributed by atoms with E-state index in [0.29, 0.717) is 44.5 Å². The average Bonchev–Trinajstić information content (AvgIpc) is 3.60. The molecule has 1 saturated carbocycles. The Labute approximate surface area is 254 Å². The number of amides is 1. The van der Waals surface area contributed by atoms with E-state index < -0.39 is 21.7 Å². The van der Waals surface area contributed by atoms with E-state index in [2.05, 4.69) is 45.2 Å². The average molecular weight is 630 g/mol. The molecule has 0 saturated heterocycles. The number of aromatic amines is 2. The smallest absolute Gasteiger partial charge is 0.227 e. The second kappa shape index (κ2) is 11.1. The highest BCUT2D eigenvalue weighted by Crippen LogP contribution is 2.35. The Bertz CT molecular complexity index is 2230. The van der Waals surface area contributed by atoms with Crippen molar-refractivity contribution in [3.63, 3.8) is 0 Å². The van der Waals surface area contributed by atoms with E-state index in [-0.39, 0.29) is 41.0 Å². The van der Waals surface area contributed by atoms with Crippen LogP contribution in [-0.4, -0.2) is 55.7 Å². The van der Waals surface area contributed by atoms with E-state index in [1.54, 1.807) is 12.1 Å². The summed E-state index contributed by atoms with van der Waals surface area (Å²) < 4.78 is 56.2. The summed E-state index contributed by atoms with van der Waals surface area (Å²) in [7, 11) is -3.49. The molecular formula is C30H25F2N9O3S. The Morgan fingerprint density at radius 1 is 0.978 bits per heavy atom. The van der Waals surface area contributed by atoms with Gasteiger partial charge in [0.1, 0.15) is 17.2 Å². The summed E-state index contributed by atoms with van der Waals surface area (Å²) in [6.07, 6.45) is 11.2. The Hall–Kier alpha value is -5.15. The number of fused-ring (bicyclic) bond motifs is 2. The van der Waals surface area contributed by atoms with Crippen molar-refractivity contribution in [3.8, 4) is 33.9 Å². The largest absolute Gasteiger partial charge is 0.335 e. The number of nitrogens with zero attached hydrogens (tertiary/aromatic N) is 5. The van der Waals surface area contributed by atoms with E-state index in [1.807, 2.05) is 0 Å². The van der Waals surface area contributed by atoms with Crippen LogP contribution in [0.4, 0.5) is 14.5 Å². The van der Waals surface area contributed by atoms with Crippen molar-refractivity contribution in [1.29, 1.82) is 0 Å². The van der Waals surface area contributed by atoms with Gasteiger partial charge in [0.25, 0.3) is 0 Å². The van der Waals surface area contributed by atoms with Crippen LogP contribution in [0.3, 0.4) is 0 Å². The second-order valence-corrected chi connectivity index (χ2v) is 12.8. The predicted molar refractivity (Wildman–Crippen MR) is 163 cm³/mol. The third kappa shape index (κ3) is 5.62. The summed E-state index contributed by atoms with van der Waals surface area (Å²) in [5.41, 5.74) is 3.59. The minimum Gasteiger partial charge on any atom is -0.335 e. The van der Waals surface area contributed by atoms with E-state index in [1.165, 1.54) is 43.1 Å². The highest BCUT2D eigenvalue weighted by molar-refractivity contribution is 7.88. The fraction of sp³-hybridized carbons (Fsp3) is 0.200. The summed E-state index contributed by atoms with van der Waals surface area (Å²) in [6, 6.07) is 5.80. The first kappa shape index (κ1) is 28.6. The first-order valence-electron chi connectivity index (χ1n) is 14.0. The summed E-state index contributed by atoms with van der Waals surface area (Å²) in [5.74, 6) is -1.09. The lowest BCUT2D eigenvalue weighted by Crippen LogP contribution is -2.28. The van der Waals surface area contributed by atoms with Crippen molar-refractivity contribution in [1.82, 2.24) is 39.8 Å².